The molecule has 2 aromatic rings. The molecule has 5 nitrogen and oxygen atoms in total. The van der Waals surface area contributed by atoms with Gasteiger partial charge in [-0.1, -0.05) is 0 Å². The molecule has 0 aliphatic rings. The lowest BCUT2D eigenvalue weighted by Crippen LogP contribution is -2.11. The molecule has 0 aliphatic heterocycles. The van der Waals surface area contributed by atoms with E-state index in [-0.39, 0.29) is 5.56 Å². The smallest absolute Gasteiger partial charge is 0.338 e. The highest BCUT2D eigenvalue weighted by Gasteiger charge is 2.09. The zero-order chi connectivity index (χ0) is 13.8. The summed E-state index contributed by atoms with van der Waals surface area (Å²) in [4.78, 5) is 10.7. The molecule has 0 unspecified atom stereocenters. The molecule has 100 valence electrons. The fourth-order valence-corrected chi connectivity index (χ4v) is 1.70. The van der Waals surface area contributed by atoms with Gasteiger partial charge in [0.25, 0.3) is 0 Å². The molecule has 0 aliphatic carbocycles. The van der Waals surface area contributed by atoms with Gasteiger partial charge in [-0.3, -0.25) is 4.68 Å². The van der Waals surface area contributed by atoms with Crippen LogP contribution < -0.4 is 5.32 Å². The predicted molar refractivity (Wildman–Crippen MR) is 68.8 cm³/mol. The Labute approximate surface area is 109 Å². The van der Waals surface area contributed by atoms with E-state index in [1.165, 1.54) is 12.1 Å². The van der Waals surface area contributed by atoms with Crippen LogP contribution in [0.2, 0.25) is 0 Å². The first-order valence-electron chi connectivity index (χ1n) is 5.82. The second-order valence-corrected chi connectivity index (χ2v) is 4.21. The molecule has 0 spiro atoms. The van der Waals surface area contributed by atoms with Gasteiger partial charge in [-0.25, -0.2) is 9.18 Å². The number of aryl methyl sites for hydroxylation is 1. The number of hydrogen-bond acceptors (Lipinski definition) is 3. The van der Waals surface area contributed by atoms with Crippen LogP contribution in [-0.4, -0.2) is 27.4 Å². The number of anilines is 1. The third-order valence-electron chi connectivity index (χ3n) is 2.63. The van der Waals surface area contributed by atoms with Crippen molar-refractivity contribution in [3.8, 4) is 0 Å². The maximum Gasteiger partial charge on any atom is 0.338 e. The summed E-state index contributed by atoms with van der Waals surface area (Å²) in [5, 5.41) is 15.9. The van der Waals surface area contributed by atoms with Crippen molar-refractivity contribution in [2.45, 2.75) is 13.5 Å². The van der Waals surface area contributed by atoms with Crippen LogP contribution in [-0.2, 0) is 6.54 Å². The lowest BCUT2D eigenvalue weighted by molar-refractivity contribution is 0.0692. The van der Waals surface area contributed by atoms with Crippen molar-refractivity contribution in [2.75, 3.05) is 11.9 Å². The van der Waals surface area contributed by atoms with Gasteiger partial charge in [0, 0.05) is 18.4 Å². The van der Waals surface area contributed by atoms with Gasteiger partial charge in [-0.2, -0.15) is 5.10 Å². The Kier molecular flexibility index (Phi) is 3.79. The van der Waals surface area contributed by atoms with Crippen molar-refractivity contribution < 1.29 is 14.3 Å². The Hall–Kier alpha value is -2.37. The summed E-state index contributed by atoms with van der Waals surface area (Å²) in [6, 6.07) is 3.97. The SMILES string of the molecule is Cc1cnn(CCNc2ccc(C(=O)O)c(F)c2)c1. The van der Waals surface area contributed by atoms with E-state index < -0.39 is 11.8 Å². The first kappa shape index (κ1) is 13.1. The fourth-order valence-electron chi connectivity index (χ4n) is 1.70. The molecule has 6 heteroatoms. The molecule has 0 radical (unpaired) electrons. The quantitative estimate of drug-likeness (QED) is 0.867. The van der Waals surface area contributed by atoms with Crippen LogP contribution in [0.5, 0.6) is 0 Å². The van der Waals surface area contributed by atoms with Crippen LogP contribution >= 0.6 is 0 Å². The summed E-state index contributed by atoms with van der Waals surface area (Å²) >= 11 is 0. The standard InChI is InChI=1S/C13H14FN3O2/c1-9-7-16-17(8-9)5-4-15-10-2-3-11(13(18)19)12(14)6-10/h2-3,6-8,15H,4-5H2,1H3,(H,18,19). The van der Waals surface area contributed by atoms with E-state index in [2.05, 4.69) is 10.4 Å². The summed E-state index contributed by atoms with van der Waals surface area (Å²) in [5.74, 6) is -2.01. The maximum atomic E-state index is 13.4. The summed E-state index contributed by atoms with van der Waals surface area (Å²) in [5.41, 5.74) is 1.30. The second-order valence-electron chi connectivity index (χ2n) is 4.21. The number of carboxylic acid groups (broad SMARTS) is 1. The Morgan fingerprint density at radius 3 is 2.89 bits per heavy atom. The Bertz CT molecular complexity index is 595. The van der Waals surface area contributed by atoms with Gasteiger partial charge in [-0.05, 0) is 30.7 Å². The number of aromatic nitrogens is 2. The van der Waals surface area contributed by atoms with Crippen LogP contribution in [0.25, 0.3) is 0 Å². The third kappa shape index (κ3) is 3.31. The summed E-state index contributed by atoms with van der Waals surface area (Å²) < 4.78 is 15.2. The van der Waals surface area contributed by atoms with E-state index in [9.17, 15) is 9.18 Å². The Morgan fingerprint density at radius 1 is 1.53 bits per heavy atom. The molecule has 19 heavy (non-hydrogen) atoms. The average molecular weight is 263 g/mol. The minimum atomic E-state index is -1.27. The highest BCUT2D eigenvalue weighted by Crippen LogP contribution is 2.14. The van der Waals surface area contributed by atoms with Gasteiger partial charge < -0.3 is 10.4 Å². The number of benzene rings is 1. The number of carboxylic acids is 1. The van der Waals surface area contributed by atoms with E-state index >= 15 is 0 Å². The van der Waals surface area contributed by atoms with Crippen LogP contribution in [0.1, 0.15) is 15.9 Å². The number of hydrogen-bond donors (Lipinski definition) is 2. The Morgan fingerprint density at radius 2 is 2.32 bits per heavy atom. The lowest BCUT2D eigenvalue weighted by atomic mass is 10.2. The molecule has 1 aromatic carbocycles. The molecule has 0 fully saturated rings. The zero-order valence-electron chi connectivity index (χ0n) is 10.4. The van der Waals surface area contributed by atoms with Gasteiger partial charge in [-0.15, -0.1) is 0 Å². The van der Waals surface area contributed by atoms with Gasteiger partial charge in [0.1, 0.15) is 5.82 Å². The van der Waals surface area contributed by atoms with E-state index in [4.69, 9.17) is 5.11 Å². The largest absolute Gasteiger partial charge is 0.478 e. The summed E-state index contributed by atoms with van der Waals surface area (Å²) in [7, 11) is 0. The highest BCUT2D eigenvalue weighted by atomic mass is 19.1. The maximum absolute atomic E-state index is 13.4. The van der Waals surface area contributed by atoms with Gasteiger partial charge in [0.2, 0.25) is 0 Å². The van der Waals surface area contributed by atoms with Crippen LogP contribution in [0.15, 0.2) is 30.6 Å². The number of nitrogens with zero attached hydrogens (tertiary/aromatic N) is 2. The first-order chi connectivity index (χ1) is 9.06. The van der Waals surface area contributed by atoms with Crippen LogP contribution in [0.4, 0.5) is 10.1 Å². The number of halogens is 1. The molecule has 0 bridgehead atoms. The van der Waals surface area contributed by atoms with Gasteiger partial charge in [0.15, 0.2) is 0 Å². The van der Waals surface area contributed by atoms with E-state index in [0.717, 1.165) is 5.56 Å². The number of aromatic carboxylic acids is 1. The van der Waals surface area contributed by atoms with Crippen molar-refractivity contribution in [1.29, 1.82) is 0 Å². The van der Waals surface area contributed by atoms with Gasteiger partial charge in [0.05, 0.1) is 18.3 Å². The van der Waals surface area contributed by atoms with E-state index in [1.807, 2.05) is 13.1 Å². The molecule has 2 N–H and O–H groups in total. The molecule has 1 heterocycles. The topological polar surface area (TPSA) is 67.2 Å². The zero-order valence-corrected chi connectivity index (χ0v) is 10.4. The lowest BCUT2D eigenvalue weighted by Gasteiger charge is -2.07. The molecule has 0 saturated carbocycles. The summed E-state index contributed by atoms with van der Waals surface area (Å²) in [6.45, 7) is 3.18. The summed E-state index contributed by atoms with van der Waals surface area (Å²) in [6.07, 6.45) is 3.68. The van der Waals surface area contributed by atoms with Crippen LogP contribution in [0, 0.1) is 12.7 Å². The van der Waals surface area contributed by atoms with Gasteiger partial charge >= 0.3 is 5.97 Å². The normalized spacial score (nSPS) is 10.4. The van der Waals surface area contributed by atoms with E-state index in [1.54, 1.807) is 16.9 Å². The molecular weight excluding hydrogens is 249 g/mol. The number of nitrogens with one attached hydrogen (secondary N) is 1. The molecule has 0 saturated heterocycles. The minimum absolute atomic E-state index is 0.326. The van der Waals surface area contributed by atoms with E-state index in [0.29, 0.717) is 18.8 Å². The van der Waals surface area contributed by atoms with Crippen molar-refractivity contribution in [3.05, 3.63) is 47.5 Å². The molecule has 2 rings (SSSR count). The molecule has 0 atom stereocenters. The second kappa shape index (κ2) is 5.51. The molecular formula is C13H14FN3O2. The predicted octanol–water partition coefficient (Wildman–Crippen LogP) is 2.14. The van der Waals surface area contributed by atoms with Crippen molar-refractivity contribution in [3.63, 3.8) is 0 Å². The molecule has 0 amide bonds. The number of rotatable bonds is 5. The van der Waals surface area contributed by atoms with Crippen molar-refractivity contribution in [1.82, 2.24) is 9.78 Å². The van der Waals surface area contributed by atoms with Crippen LogP contribution in [0.3, 0.4) is 0 Å². The van der Waals surface area contributed by atoms with Crippen molar-refractivity contribution >= 4 is 11.7 Å². The monoisotopic (exact) mass is 263 g/mol. The first-order valence-corrected chi connectivity index (χ1v) is 5.82. The highest BCUT2D eigenvalue weighted by molar-refractivity contribution is 5.88. The van der Waals surface area contributed by atoms with Crippen molar-refractivity contribution in [2.24, 2.45) is 0 Å². The fraction of sp³-hybridized carbons (Fsp3) is 0.231. The average Bonchev–Trinajstić information content (AvgIpc) is 2.75. The third-order valence-corrected chi connectivity index (χ3v) is 2.63. The molecule has 1 aromatic heterocycles. The Balaban J connectivity index is 1.93. The number of carbonyl (C=O) groups is 1. The minimum Gasteiger partial charge on any atom is -0.478 e.